The zero-order valence-corrected chi connectivity index (χ0v) is 40.6. The van der Waals surface area contributed by atoms with Crippen molar-refractivity contribution in [1.29, 1.82) is 0 Å². The number of benzene rings is 8. The molecule has 0 radical (unpaired) electrons. The van der Waals surface area contributed by atoms with E-state index in [4.69, 9.17) is 22.1 Å². The Hall–Kier alpha value is -7.20. The van der Waals surface area contributed by atoms with E-state index in [0.29, 0.717) is 39.8 Å². The van der Waals surface area contributed by atoms with Crippen molar-refractivity contribution in [3.8, 4) is 50.7 Å². The Balaban J connectivity index is 0.00000672. The van der Waals surface area contributed by atoms with Gasteiger partial charge in [-0.05, 0) is 79.9 Å². The van der Waals surface area contributed by atoms with Gasteiger partial charge >= 0.3 is 0 Å². The molecule has 0 fully saturated rings. The third kappa shape index (κ3) is 8.30. The van der Waals surface area contributed by atoms with Crippen molar-refractivity contribution in [3.05, 3.63) is 224 Å². The summed E-state index contributed by atoms with van der Waals surface area (Å²) < 4.78 is 86.9. The van der Waals surface area contributed by atoms with Crippen molar-refractivity contribution in [2.75, 3.05) is 9.80 Å². The Labute approximate surface area is 427 Å². The molecule has 0 bridgehead atoms. The minimum atomic E-state index is -0.537. The topological polar surface area (TPSA) is 33.5 Å². The number of pyridine rings is 1. The molecular weight excluding hydrogens is 1010 g/mol. The molecule has 5 nitrogen and oxygen atoms in total. The molecule has 1 aliphatic heterocycles. The fourth-order valence-corrected chi connectivity index (χ4v) is 8.82. The van der Waals surface area contributed by atoms with E-state index >= 15 is 0 Å². The molecule has 0 spiro atoms. The van der Waals surface area contributed by atoms with E-state index in [-0.39, 0.29) is 60.7 Å². The third-order valence-electron chi connectivity index (χ3n) is 12.3. The van der Waals surface area contributed by atoms with E-state index < -0.39 is 42.3 Å². The van der Waals surface area contributed by atoms with Crippen LogP contribution in [-0.4, -0.2) is 9.55 Å². The molecule has 68 heavy (non-hydrogen) atoms. The third-order valence-corrected chi connectivity index (χ3v) is 12.3. The molecule has 11 rings (SSSR count). The first-order valence-corrected chi connectivity index (χ1v) is 22.3. The fraction of sp³-hybridized carbons (Fsp3) is 0.129. The van der Waals surface area contributed by atoms with Gasteiger partial charge in [-0.3, -0.25) is 0 Å². The number of para-hydroxylation sites is 3. The van der Waals surface area contributed by atoms with Gasteiger partial charge in [0.25, 0.3) is 0 Å². The van der Waals surface area contributed by atoms with Gasteiger partial charge in [0.2, 0.25) is 0 Å². The van der Waals surface area contributed by atoms with Crippen LogP contribution in [-0.2, 0) is 31.9 Å². The van der Waals surface area contributed by atoms with Crippen molar-refractivity contribution in [2.24, 2.45) is 0 Å². The predicted molar refractivity (Wildman–Crippen MR) is 278 cm³/mol. The van der Waals surface area contributed by atoms with E-state index in [1.165, 1.54) is 17.2 Å². The van der Waals surface area contributed by atoms with Gasteiger partial charge in [-0.25, -0.2) is 4.98 Å². The van der Waals surface area contributed by atoms with Crippen LogP contribution >= 0.6 is 0 Å². The van der Waals surface area contributed by atoms with E-state index in [0.717, 1.165) is 38.8 Å². The van der Waals surface area contributed by atoms with Gasteiger partial charge in [-0.15, -0.1) is 48.1 Å². The Kier molecular flexibility index (Phi) is 9.16. The minimum absolute atomic E-state index is 0. The second-order valence-corrected chi connectivity index (χ2v) is 18.8. The van der Waals surface area contributed by atoms with Gasteiger partial charge in [-0.1, -0.05) is 174 Å². The van der Waals surface area contributed by atoms with Gasteiger partial charge in [-0.2, -0.15) is 12.1 Å². The van der Waals surface area contributed by atoms with Crippen LogP contribution in [0.1, 0.15) is 65.0 Å². The van der Waals surface area contributed by atoms with Crippen molar-refractivity contribution >= 4 is 44.6 Å². The smallest absolute Gasteiger partial charge is 0.135 e. The number of hydrogen-bond acceptors (Lipinski definition) is 4. The van der Waals surface area contributed by atoms with Crippen molar-refractivity contribution in [2.45, 2.75) is 52.4 Å². The van der Waals surface area contributed by atoms with Crippen LogP contribution in [0.2, 0.25) is 0 Å². The first-order chi connectivity index (χ1) is 36.2. The summed E-state index contributed by atoms with van der Waals surface area (Å²) in [5, 5.41) is 2.03. The molecule has 0 atom stereocenters. The Morgan fingerprint density at radius 1 is 0.544 bits per heavy atom. The summed E-state index contributed by atoms with van der Waals surface area (Å²) in [6.45, 7) is 15.3. The van der Waals surface area contributed by atoms with Crippen LogP contribution in [0.4, 0.5) is 22.7 Å². The molecule has 8 aromatic carbocycles. The summed E-state index contributed by atoms with van der Waals surface area (Å²) in [6.07, 6.45) is 1.78. The molecule has 0 N–H and O–H groups in total. The molecule has 0 amide bonds. The van der Waals surface area contributed by atoms with Gasteiger partial charge in [0.15, 0.2) is 0 Å². The summed E-state index contributed by atoms with van der Waals surface area (Å²) in [6, 6.07) is 46.1. The second-order valence-electron chi connectivity index (χ2n) is 18.8. The Morgan fingerprint density at radius 3 is 1.93 bits per heavy atom. The number of rotatable bonds is 8. The Bertz CT molecular complexity index is 3940. The summed E-state index contributed by atoms with van der Waals surface area (Å²) in [5.41, 5.74) is 9.46. The SMILES string of the molecule is [2H]c1cc(-c2cccc(-c3c([2H])c([2H])c([2H])c([2H])c3[2H])c2N2[CH-]N(c3[c-]c(Oc4[c-]c5c(cc4)c4cc(-c6cc(C(C)(C)C)cc(C(C)(C)C)c6)ccc4n5-c4ccccn4)ccc3)c3ccccc32)c([2H])c([2H])c1[2H].[Pt]. The molecule has 6 heteroatoms. The molecular formula is C62H51N4OPt-3. The largest absolute Gasteiger partial charge is 0.509 e. The number of anilines is 4. The quantitative estimate of drug-likeness (QED) is 0.142. The molecule has 0 saturated carbocycles. The molecule has 2 aromatic heterocycles. The van der Waals surface area contributed by atoms with Crippen LogP contribution in [0.25, 0.3) is 61.0 Å². The number of hydrogen-bond donors (Lipinski definition) is 0. The molecule has 1 aliphatic rings. The van der Waals surface area contributed by atoms with Crippen molar-refractivity contribution in [1.82, 2.24) is 9.55 Å². The minimum Gasteiger partial charge on any atom is -0.509 e. The maximum absolute atomic E-state index is 9.05. The molecule has 10 aromatic rings. The van der Waals surface area contributed by atoms with Gasteiger partial charge in [0.05, 0.1) is 12.3 Å². The summed E-state index contributed by atoms with van der Waals surface area (Å²) in [5.74, 6) is 1.58. The number of nitrogens with zero attached hydrogens (tertiary/aromatic N) is 4. The van der Waals surface area contributed by atoms with Crippen LogP contribution in [0.5, 0.6) is 11.5 Å². The summed E-state index contributed by atoms with van der Waals surface area (Å²) in [4.78, 5) is 8.50. The van der Waals surface area contributed by atoms with Crippen molar-refractivity contribution in [3.63, 3.8) is 0 Å². The van der Waals surface area contributed by atoms with Crippen LogP contribution in [0, 0.1) is 18.8 Å². The molecule has 0 aliphatic carbocycles. The number of fused-ring (bicyclic) bond motifs is 4. The summed E-state index contributed by atoms with van der Waals surface area (Å²) >= 11 is 0. The van der Waals surface area contributed by atoms with Gasteiger partial charge < -0.3 is 19.1 Å². The number of aromatic nitrogens is 2. The molecule has 0 unspecified atom stereocenters. The first-order valence-electron chi connectivity index (χ1n) is 26.8. The van der Waals surface area contributed by atoms with E-state index in [2.05, 4.69) is 101 Å². The average molecular weight is 1070 g/mol. The molecule has 338 valence electrons. The monoisotopic (exact) mass is 1070 g/mol. The number of ether oxygens (including phenoxy) is 1. The van der Waals surface area contributed by atoms with Crippen LogP contribution in [0.3, 0.4) is 0 Å². The first kappa shape index (κ1) is 35.0. The zero-order chi connectivity index (χ0) is 53.7. The maximum Gasteiger partial charge on any atom is 0.135 e. The zero-order valence-electron chi connectivity index (χ0n) is 47.4. The van der Waals surface area contributed by atoms with E-state index in [1.807, 2.05) is 76.5 Å². The van der Waals surface area contributed by atoms with E-state index in [1.54, 1.807) is 31.1 Å². The fourth-order valence-electron chi connectivity index (χ4n) is 8.82. The predicted octanol–water partition coefficient (Wildman–Crippen LogP) is 16.6. The van der Waals surface area contributed by atoms with Gasteiger partial charge in [0, 0.05) is 72.5 Å². The van der Waals surface area contributed by atoms with Crippen molar-refractivity contribution < 1.29 is 38.1 Å². The second kappa shape index (κ2) is 17.8. The van der Waals surface area contributed by atoms with Crippen LogP contribution in [0.15, 0.2) is 194 Å². The summed E-state index contributed by atoms with van der Waals surface area (Å²) in [7, 11) is 0. The molecule has 3 heterocycles. The normalized spacial score (nSPS) is 14.5. The Morgan fingerprint density at radius 2 is 1.21 bits per heavy atom. The average Bonchev–Trinajstić information content (AvgIpc) is 4.01. The van der Waals surface area contributed by atoms with E-state index in [9.17, 15) is 0 Å². The van der Waals surface area contributed by atoms with Gasteiger partial charge in [0.1, 0.15) is 5.82 Å². The molecule has 0 saturated heterocycles. The maximum atomic E-state index is 9.05. The standard InChI is InChI=1S/C62H51N4O.Pt/c1-61(2,3)46-35-45(36-47(38-46)62(4,5)6)44-30-33-55-54(37-44)53-32-31-50(40-58(53)66(55)59-29-15-16-34-63-59)67-49-24-17-23-48(39-49)64-41-65(57-28-14-13-27-56(57)64)60-51(42-19-9-7-10-20-42)25-18-26-52(60)43-21-11-8-12-22-43;/h7-38,41H,1-6H3;/q-3;/i7D,8D,9D,10D,11D,12D,19D,20D,21D;. The van der Waals surface area contributed by atoms with Crippen LogP contribution < -0.4 is 14.5 Å².